The molecule has 1 unspecified atom stereocenters. The van der Waals surface area contributed by atoms with Crippen LogP contribution in [0.5, 0.6) is 0 Å². The van der Waals surface area contributed by atoms with Gasteiger partial charge in [-0.25, -0.2) is 4.79 Å². The van der Waals surface area contributed by atoms with Crippen LogP contribution in [0.1, 0.15) is 48.7 Å². The van der Waals surface area contributed by atoms with E-state index >= 15 is 0 Å². The standard InChI is InChI=1S/C20H28N2O4S/c1-6-15(18(23)22-9-11-26-12-10-22)21-16-13-14(7-8-20(2,3)4)27-17(16)19(24)25-5/h13,15,21H,6,9-12H2,1-5H3. The third-order valence-corrected chi connectivity index (χ3v) is 5.05. The number of methoxy groups -OCH3 is 1. The molecule has 6 nitrogen and oxygen atoms in total. The predicted octanol–water partition coefficient (Wildman–Crippen LogP) is 2.98. The minimum absolute atomic E-state index is 0.0186. The number of esters is 1. The molecule has 0 radical (unpaired) electrons. The maximum absolute atomic E-state index is 12.8. The number of carbonyl (C=O) groups is 2. The molecule has 2 rings (SSSR count). The van der Waals surface area contributed by atoms with Crippen LogP contribution in [0.4, 0.5) is 5.69 Å². The number of rotatable bonds is 5. The lowest BCUT2D eigenvalue weighted by Gasteiger charge is -2.30. The van der Waals surface area contributed by atoms with Crippen LogP contribution < -0.4 is 5.32 Å². The van der Waals surface area contributed by atoms with Crippen LogP contribution >= 0.6 is 11.3 Å². The minimum atomic E-state index is -0.431. The maximum atomic E-state index is 12.8. The van der Waals surface area contributed by atoms with E-state index in [0.29, 0.717) is 43.3 Å². The summed E-state index contributed by atoms with van der Waals surface area (Å²) >= 11 is 1.28. The van der Waals surface area contributed by atoms with E-state index in [1.165, 1.54) is 18.4 Å². The third-order valence-electron chi connectivity index (χ3n) is 4.02. The number of amides is 1. The molecule has 0 aromatic carbocycles. The molecule has 0 bridgehead atoms. The van der Waals surface area contributed by atoms with Crippen LogP contribution in [0.2, 0.25) is 0 Å². The Hall–Kier alpha value is -2.04. The Morgan fingerprint density at radius 3 is 2.59 bits per heavy atom. The van der Waals surface area contributed by atoms with Crippen molar-refractivity contribution in [2.75, 3.05) is 38.7 Å². The Kier molecular flexibility index (Phi) is 7.28. The molecule has 0 spiro atoms. The van der Waals surface area contributed by atoms with E-state index in [-0.39, 0.29) is 11.3 Å². The van der Waals surface area contributed by atoms with Gasteiger partial charge in [-0.1, -0.05) is 18.8 Å². The molecule has 1 fully saturated rings. The SMILES string of the molecule is CCC(Nc1cc(C#CC(C)(C)C)sc1C(=O)OC)C(=O)N1CCOCC1. The first-order valence-corrected chi connectivity index (χ1v) is 9.95. The first-order valence-electron chi connectivity index (χ1n) is 9.13. The van der Waals surface area contributed by atoms with Crippen molar-refractivity contribution in [3.05, 3.63) is 15.8 Å². The fourth-order valence-corrected chi connectivity index (χ4v) is 3.48. The molecule has 1 aliphatic rings. The van der Waals surface area contributed by atoms with Crippen molar-refractivity contribution in [3.63, 3.8) is 0 Å². The smallest absolute Gasteiger partial charge is 0.350 e. The number of morpholine rings is 1. The van der Waals surface area contributed by atoms with Crippen molar-refractivity contribution in [2.24, 2.45) is 5.41 Å². The first-order chi connectivity index (χ1) is 12.7. The summed E-state index contributed by atoms with van der Waals surface area (Å²) in [7, 11) is 1.35. The molecule has 1 N–H and O–H groups in total. The lowest BCUT2D eigenvalue weighted by atomic mass is 9.98. The summed E-state index contributed by atoms with van der Waals surface area (Å²) in [5.41, 5.74) is 0.458. The Morgan fingerprint density at radius 2 is 2.04 bits per heavy atom. The van der Waals surface area contributed by atoms with Crippen molar-refractivity contribution in [1.29, 1.82) is 0 Å². The van der Waals surface area contributed by atoms with Crippen molar-refractivity contribution in [3.8, 4) is 11.8 Å². The van der Waals surface area contributed by atoms with E-state index in [4.69, 9.17) is 9.47 Å². The topological polar surface area (TPSA) is 67.9 Å². The van der Waals surface area contributed by atoms with Gasteiger partial charge in [-0.15, -0.1) is 11.3 Å². The molecular formula is C20H28N2O4S. The number of hydrogen-bond acceptors (Lipinski definition) is 6. The summed E-state index contributed by atoms with van der Waals surface area (Å²) in [6.07, 6.45) is 0.607. The summed E-state index contributed by atoms with van der Waals surface area (Å²) in [6.45, 7) is 10.3. The normalized spacial score (nSPS) is 15.5. The zero-order valence-electron chi connectivity index (χ0n) is 16.7. The van der Waals surface area contributed by atoms with Gasteiger partial charge in [0.1, 0.15) is 10.9 Å². The molecule has 1 amide bonds. The molecule has 148 valence electrons. The Balaban J connectivity index is 2.25. The molecule has 1 aromatic heterocycles. The van der Waals surface area contributed by atoms with Crippen LogP contribution in [0.15, 0.2) is 6.07 Å². The van der Waals surface area contributed by atoms with E-state index in [9.17, 15) is 9.59 Å². The van der Waals surface area contributed by atoms with Crippen LogP contribution in [-0.2, 0) is 14.3 Å². The molecule has 2 heterocycles. The highest BCUT2D eigenvalue weighted by molar-refractivity contribution is 7.15. The van der Waals surface area contributed by atoms with Crippen LogP contribution in [0.3, 0.4) is 0 Å². The highest BCUT2D eigenvalue weighted by Gasteiger charge is 2.27. The number of anilines is 1. The molecule has 7 heteroatoms. The lowest BCUT2D eigenvalue weighted by Crippen LogP contribution is -2.47. The average molecular weight is 393 g/mol. The van der Waals surface area contributed by atoms with Crippen LogP contribution in [0.25, 0.3) is 0 Å². The quantitative estimate of drug-likeness (QED) is 0.616. The maximum Gasteiger partial charge on any atom is 0.350 e. The Labute approximate surface area is 165 Å². The molecule has 1 atom stereocenters. The van der Waals surface area contributed by atoms with E-state index in [2.05, 4.69) is 17.2 Å². The summed E-state index contributed by atoms with van der Waals surface area (Å²) in [6, 6.07) is 1.41. The van der Waals surface area contributed by atoms with Crippen molar-refractivity contribution < 1.29 is 19.1 Å². The number of ether oxygens (including phenoxy) is 2. The number of hydrogen-bond donors (Lipinski definition) is 1. The van der Waals surface area contributed by atoms with Gasteiger partial charge in [0.05, 0.1) is 30.9 Å². The number of nitrogens with one attached hydrogen (secondary N) is 1. The van der Waals surface area contributed by atoms with Crippen molar-refractivity contribution in [1.82, 2.24) is 4.90 Å². The van der Waals surface area contributed by atoms with Gasteiger partial charge in [0.25, 0.3) is 0 Å². The highest BCUT2D eigenvalue weighted by Crippen LogP contribution is 2.29. The molecule has 0 saturated carbocycles. The molecule has 1 aliphatic heterocycles. The van der Waals surface area contributed by atoms with Gasteiger partial charge >= 0.3 is 5.97 Å². The zero-order valence-corrected chi connectivity index (χ0v) is 17.5. The van der Waals surface area contributed by atoms with Gasteiger partial charge in [0.2, 0.25) is 5.91 Å². The van der Waals surface area contributed by atoms with Gasteiger partial charge in [-0.3, -0.25) is 4.79 Å². The van der Waals surface area contributed by atoms with Crippen LogP contribution in [-0.4, -0.2) is 56.2 Å². The van der Waals surface area contributed by atoms with Gasteiger partial charge in [-0.05, 0) is 33.3 Å². The number of nitrogens with zero attached hydrogens (tertiary/aromatic N) is 1. The number of thiophene rings is 1. The predicted molar refractivity (Wildman–Crippen MR) is 107 cm³/mol. The summed E-state index contributed by atoms with van der Waals surface area (Å²) < 4.78 is 10.2. The molecular weight excluding hydrogens is 364 g/mol. The van der Waals surface area contributed by atoms with Gasteiger partial charge < -0.3 is 19.7 Å². The fourth-order valence-electron chi connectivity index (χ4n) is 2.58. The second-order valence-electron chi connectivity index (χ2n) is 7.39. The van der Waals surface area contributed by atoms with Crippen LogP contribution in [0, 0.1) is 17.3 Å². The molecule has 27 heavy (non-hydrogen) atoms. The average Bonchev–Trinajstić information content (AvgIpc) is 3.06. The van der Waals surface area contributed by atoms with E-state index in [1.54, 1.807) is 4.90 Å². The van der Waals surface area contributed by atoms with Gasteiger partial charge in [-0.2, -0.15) is 0 Å². The molecule has 1 saturated heterocycles. The third kappa shape index (κ3) is 5.98. The van der Waals surface area contributed by atoms with Gasteiger partial charge in [0, 0.05) is 18.5 Å². The highest BCUT2D eigenvalue weighted by atomic mass is 32.1. The fraction of sp³-hybridized carbons (Fsp3) is 0.600. The van der Waals surface area contributed by atoms with E-state index in [0.717, 1.165) is 4.88 Å². The zero-order chi connectivity index (χ0) is 20.0. The van der Waals surface area contributed by atoms with Crippen molar-refractivity contribution >= 4 is 28.9 Å². The molecule has 1 aromatic rings. The van der Waals surface area contributed by atoms with E-state index in [1.807, 2.05) is 33.8 Å². The lowest BCUT2D eigenvalue weighted by molar-refractivity contribution is -0.136. The largest absolute Gasteiger partial charge is 0.465 e. The summed E-state index contributed by atoms with van der Waals surface area (Å²) in [4.78, 5) is 28.0. The first kappa shape index (κ1) is 21.3. The second kappa shape index (κ2) is 9.25. The summed E-state index contributed by atoms with van der Waals surface area (Å²) in [5.74, 6) is 5.87. The summed E-state index contributed by atoms with van der Waals surface area (Å²) in [5, 5.41) is 3.24. The van der Waals surface area contributed by atoms with Crippen molar-refractivity contribution in [2.45, 2.75) is 40.2 Å². The number of carbonyl (C=O) groups excluding carboxylic acids is 2. The molecule has 0 aliphatic carbocycles. The van der Waals surface area contributed by atoms with Gasteiger partial charge in [0.15, 0.2) is 0 Å². The monoisotopic (exact) mass is 392 g/mol. The Bertz CT molecular complexity index is 733. The minimum Gasteiger partial charge on any atom is -0.465 e. The van der Waals surface area contributed by atoms with E-state index < -0.39 is 12.0 Å². The Morgan fingerprint density at radius 1 is 1.37 bits per heavy atom. The second-order valence-corrected chi connectivity index (χ2v) is 8.44.